The number of halogens is 1. The van der Waals surface area contributed by atoms with Crippen molar-refractivity contribution in [3.05, 3.63) is 95.5 Å². The second-order valence-corrected chi connectivity index (χ2v) is 7.84. The Morgan fingerprint density at radius 3 is 2.34 bits per heavy atom. The van der Waals surface area contributed by atoms with E-state index in [9.17, 15) is 14.4 Å². The number of rotatable bonds is 7. The lowest BCUT2D eigenvalue weighted by molar-refractivity contribution is -0.127. The zero-order valence-electron chi connectivity index (χ0n) is 18.5. The molecule has 0 fully saturated rings. The van der Waals surface area contributed by atoms with Gasteiger partial charge in [0.25, 0.3) is 17.7 Å². The summed E-state index contributed by atoms with van der Waals surface area (Å²) < 4.78 is 5.32. The first-order chi connectivity index (χ1) is 17.0. The lowest BCUT2D eigenvalue weighted by Gasteiger charge is -2.12. The Kier molecular flexibility index (Phi) is 7.54. The number of nitrogens with zero attached hydrogens (tertiary/aromatic N) is 1. The Bertz CT molecular complexity index is 1380. The molecular formula is C26H21ClN4O4. The second kappa shape index (κ2) is 11.1. The molecule has 3 amide bonds. The first-order valence-electron chi connectivity index (χ1n) is 10.7. The van der Waals surface area contributed by atoms with Gasteiger partial charge >= 0.3 is 0 Å². The number of benzene rings is 3. The summed E-state index contributed by atoms with van der Waals surface area (Å²) in [7, 11) is 0. The lowest BCUT2D eigenvalue weighted by atomic mass is 10.0. The van der Waals surface area contributed by atoms with Crippen LogP contribution in [0.4, 0.5) is 0 Å². The normalized spacial score (nSPS) is 10.4. The number of pyridine rings is 1. The van der Waals surface area contributed by atoms with Crippen LogP contribution >= 0.6 is 11.6 Å². The molecule has 0 spiro atoms. The van der Waals surface area contributed by atoms with Crippen LogP contribution in [0.15, 0.2) is 84.9 Å². The molecular weight excluding hydrogens is 468 g/mol. The molecule has 1 aromatic heterocycles. The SMILES string of the molecule is O=C(COc1ccccc1)NCC(=O)NNC(=O)c1cc(-c2ccccc2Cl)nc2ccccc12. The summed E-state index contributed by atoms with van der Waals surface area (Å²) in [5.41, 5.74) is 6.81. The molecule has 0 atom stereocenters. The van der Waals surface area contributed by atoms with Gasteiger partial charge in [0, 0.05) is 16.0 Å². The second-order valence-electron chi connectivity index (χ2n) is 7.43. The molecule has 0 saturated heterocycles. The minimum absolute atomic E-state index is 0.239. The van der Waals surface area contributed by atoms with Crippen molar-refractivity contribution in [2.24, 2.45) is 0 Å². The summed E-state index contributed by atoms with van der Waals surface area (Å²) in [6.45, 7) is -0.573. The van der Waals surface area contributed by atoms with E-state index in [1.807, 2.05) is 30.3 Å². The molecule has 3 N–H and O–H groups in total. The summed E-state index contributed by atoms with van der Waals surface area (Å²) in [5.74, 6) is -1.07. The number of ether oxygens (including phenoxy) is 1. The van der Waals surface area contributed by atoms with E-state index >= 15 is 0 Å². The average Bonchev–Trinajstić information content (AvgIpc) is 2.89. The fraction of sp³-hybridized carbons (Fsp3) is 0.0769. The molecule has 0 bridgehead atoms. The van der Waals surface area contributed by atoms with Crippen molar-refractivity contribution in [2.45, 2.75) is 0 Å². The molecule has 35 heavy (non-hydrogen) atoms. The fourth-order valence-corrected chi connectivity index (χ4v) is 3.54. The Morgan fingerprint density at radius 1 is 0.829 bits per heavy atom. The van der Waals surface area contributed by atoms with E-state index in [1.165, 1.54) is 0 Å². The highest BCUT2D eigenvalue weighted by molar-refractivity contribution is 6.33. The van der Waals surface area contributed by atoms with E-state index in [0.29, 0.717) is 38.5 Å². The van der Waals surface area contributed by atoms with Crippen LogP contribution in [-0.4, -0.2) is 35.9 Å². The van der Waals surface area contributed by atoms with Crippen LogP contribution in [0.25, 0.3) is 22.2 Å². The van der Waals surface area contributed by atoms with Crippen LogP contribution in [0.1, 0.15) is 10.4 Å². The number of hydrogen-bond donors (Lipinski definition) is 3. The molecule has 0 unspecified atom stereocenters. The van der Waals surface area contributed by atoms with Crippen molar-refractivity contribution in [3.63, 3.8) is 0 Å². The first kappa shape index (κ1) is 23.7. The van der Waals surface area contributed by atoms with Gasteiger partial charge in [-0.15, -0.1) is 0 Å². The van der Waals surface area contributed by atoms with Crippen LogP contribution in [0, 0.1) is 0 Å². The Labute approximate surface area is 206 Å². The topological polar surface area (TPSA) is 109 Å². The average molecular weight is 489 g/mol. The van der Waals surface area contributed by atoms with Crippen LogP contribution < -0.4 is 20.9 Å². The first-order valence-corrected chi connectivity index (χ1v) is 11.1. The van der Waals surface area contributed by atoms with Crippen LogP contribution in [0.3, 0.4) is 0 Å². The van der Waals surface area contributed by atoms with Crippen LogP contribution in [0.5, 0.6) is 5.75 Å². The number of para-hydroxylation sites is 2. The van der Waals surface area contributed by atoms with Crippen LogP contribution in [0.2, 0.25) is 5.02 Å². The Hall–Kier alpha value is -4.43. The number of fused-ring (bicyclic) bond motifs is 1. The lowest BCUT2D eigenvalue weighted by Crippen LogP contribution is -2.47. The number of carbonyl (C=O) groups is 3. The largest absolute Gasteiger partial charge is 0.484 e. The molecule has 9 heteroatoms. The van der Waals surface area contributed by atoms with E-state index in [2.05, 4.69) is 21.2 Å². The van der Waals surface area contributed by atoms with Crippen molar-refractivity contribution in [2.75, 3.05) is 13.2 Å². The summed E-state index contributed by atoms with van der Waals surface area (Å²) in [6, 6.07) is 24.8. The summed E-state index contributed by atoms with van der Waals surface area (Å²) in [6.07, 6.45) is 0. The summed E-state index contributed by atoms with van der Waals surface area (Å²) in [5, 5.41) is 3.54. The van der Waals surface area contributed by atoms with Gasteiger partial charge in [0.15, 0.2) is 6.61 Å². The van der Waals surface area contributed by atoms with Crippen molar-refractivity contribution < 1.29 is 19.1 Å². The zero-order chi connectivity index (χ0) is 24.6. The highest BCUT2D eigenvalue weighted by Gasteiger charge is 2.16. The van der Waals surface area contributed by atoms with E-state index < -0.39 is 17.7 Å². The highest BCUT2D eigenvalue weighted by atomic mass is 35.5. The number of amides is 3. The molecule has 0 aliphatic heterocycles. The predicted octanol–water partition coefficient (Wildman–Crippen LogP) is 3.51. The molecule has 1 heterocycles. The third kappa shape index (κ3) is 6.13. The minimum atomic E-state index is -0.601. The minimum Gasteiger partial charge on any atom is -0.484 e. The maximum atomic E-state index is 12.9. The van der Waals surface area contributed by atoms with Crippen LogP contribution in [-0.2, 0) is 9.59 Å². The van der Waals surface area contributed by atoms with Gasteiger partial charge in [0.1, 0.15) is 5.75 Å². The van der Waals surface area contributed by atoms with Gasteiger partial charge in [-0.3, -0.25) is 25.2 Å². The summed E-state index contributed by atoms with van der Waals surface area (Å²) >= 11 is 6.32. The maximum absolute atomic E-state index is 12.9. The van der Waals surface area contributed by atoms with Gasteiger partial charge < -0.3 is 10.1 Å². The third-order valence-electron chi connectivity index (χ3n) is 4.99. The molecule has 0 aliphatic carbocycles. The van der Waals surface area contributed by atoms with Gasteiger partial charge in [-0.25, -0.2) is 4.98 Å². The monoisotopic (exact) mass is 488 g/mol. The van der Waals surface area contributed by atoms with E-state index in [-0.39, 0.29) is 13.2 Å². The summed E-state index contributed by atoms with van der Waals surface area (Å²) in [4.78, 5) is 41.6. The van der Waals surface area contributed by atoms with Crippen molar-refractivity contribution in [1.82, 2.24) is 21.2 Å². The molecule has 0 aliphatic rings. The molecule has 8 nitrogen and oxygen atoms in total. The van der Waals surface area contributed by atoms with Crippen molar-refractivity contribution in [1.29, 1.82) is 0 Å². The maximum Gasteiger partial charge on any atom is 0.270 e. The molecule has 4 rings (SSSR count). The van der Waals surface area contributed by atoms with Crippen molar-refractivity contribution in [3.8, 4) is 17.0 Å². The van der Waals surface area contributed by atoms with E-state index in [1.54, 1.807) is 54.6 Å². The zero-order valence-corrected chi connectivity index (χ0v) is 19.2. The van der Waals surface area contributed by atoms with E-state index in [0.717, 1.165) is 0 Å². The standard InChI is InChI=1S/C26H21ClN4O4/c27-21-12-6-4-11-19(21)23-14-20(18-10-5-7-13-22(18)29-23)26(34)31-30-24(32)15-28-25(33)16-35-17-8-2-1-3-9-17/h1-14H,15-16H2,(H,28,33)(H,30,32)(H,31,34). The van der Waals surface area contributed by atoms with Gasteiger partial charge in [0.05, 0.1) is 23.3 Å². The molecule has 176 valence electrons. The number of carbonyl (C=O) groups excluding carboxylic acids is 3. The highest BCUT2D eigenvalue weighted by Crippen LogP contribution is 2.29. The van der Waals surface area contributed by atoms with Gasteiger partial charge in [-0.05, 0) is 30.3 Å². The smallest absolute Gasteiger partial charge is 0.270 e. The molecule has 3 aromatic carbocycles. The molecule has 0 radical (unpaired) electrons. The van der Waals surface area contributed by atoms with Gasteiger partial charge in [-0.1, -0.05) is 66.2 Å². The number of nitrogens with one attached hydrogen (secondary N) is 3. The Balaban J connectivity index is 1.38. The predicted molar refractivity (Wildman–Crippen MR) is 133 cm³/mol. The Morgan fingerprint density at radius 2 is 1.54 bits per heavy atom. The quantitative estimate of drug-likeness (QED) is 0.345. The molecule has 0 saturated carbocycles. The molecule has 4 aromatic rings. The van der Waals surface area contributed by atoms with E-state index in [4.69, 9.17) is 16.3 Å². The van der Waals surface area contributed by atoms with Gasteiger partial charge in [0.2, 0.25) is 0 Å². The fourth-order valence-electron chi connectivity index (χ4n) is 3.30. The third-order valence-corrected chi connectivity index (χ3v) is 5.31. The van der Waals surface area contributed by atoms with Crippen molar-refractivity contribution >= 4 is 40.2 Å². The number of aromatic nitrogens is 1. The van der Waals surface area contributed by atoms with Gasteiger partial charge in [-0.2, -0.15) is 0 Å². The number of hydrogen-bond acceptors (Lipinski definition) is 5. The number of hydrazine groups is 1.